The van der Waals surface area contributed by atoms with Crippen molar-refractivity contribution in [3.8, 4) is 0 Å². The molecule has 0 aliphatic heterocycles. The number of carboxylic acid groups (broad SMARTS) is 1. The van der Waals surface area contributed by atoms with Crippen molar-refractivity contribution in [3.63, 3.8) is 0 Å². The summed E-state index contributed by atoms with van der Waals surface area (Å²) in [7, 11) is 0. The summed E-state index contributed by atoms with van der Waals surface area (Å²) in [6.07, 6.45) is 5.91. The van der Waals surface area contributed by atoms with E-state index in [0.717, 1.165) is 31.4 Å². The predicted octanol–water partition coefficient (Wildman–Crippen LogP) is 3.73. The van der Waals surface area contributed by atoms with Crippen LogP contribution in [0.4, 0.5) is 0 Å². The van der Waals surface area contributed by atoms with E-state index in [0.29, 0.717) is 17.4 Å². The second-order valence-corrected chi connectivity index (χ2v) is 8.24. The molecular formula is C17H27NO4S2. The zero-order valence-electron chi connectivity index (χ0n) is 14.6. The van der Waals surface area contributed by atoms with Crippen molar-refractivity contribution in [2.45, 2.75) is 52.9 Å². The minimum atomic E-state index is -1.08. The van der Waals surface area contributed by atoms with Gasteiger partial charge in [0.2, 0.25) is 10.3 Å². The highest BCUT2D eigenvalue weighted by Gasteiger charge is 2.50. The van der Waals surface area contributed by atoms with Crippen LogP contribution in [0.1, 0.15) is 52.9 Å². The lowest BCUT2D eigenvalue weighted by Gasteiger charge is -2.07. The highest BCUT2D eigenvalue weighted by molar-refractivity contribution is 8.22. The molecule has 0 saturated heterocycles. The number of carboxylic acids is 1. The summed E-state index contributed by atoms with van der Waals surface area (Å²) in [6, 6.07) is 0. The fourth-order valence-electron chi connectivity index (χ4n) is 2.31. The predicted molar refractivity (Wildman–Crippen MR) is 101 cm³/mol. The summed E-state index contributed by atoms with van der Waals surface area (Å²) in [5.74, 6) is -0.442. The van der Waals surface area contributed by atoms with Crippen LogP contribution in [0.2, 0.25) is 0 Å². The average molecular weight is 374 g/mol. The highest BCUT2D eigenvalue weighted by atomic mass is 32.2. The molecule has 136 valence electrons. The fraction of sp³-hybridized carbons (Fsp3) is 0.706. The number of ether oxygens (including phenoxy) is 1. The third-order valence-corrected chi connectivity index (χ3v) is 5.31. The number of hydrogen-bond acceptors (Lipinski definition) is 5. The topological polar surface area (TPSA) is 75.6 Å². The normalized spacial score (nSPS) is 18.8. The number of rotatable bonds is 10. The number of carbonyl (C=O) groups excluding carboxylic acids is 1. The molecule has 0 spiro atoms. The molecule has 0 radical (unpaired) electrons. The second-order valence-electron chi connectivity index (χ2n) is 6.54. The molecule has 1 aliphatic carbocycles. The van der Waals surface area contributed by atoms with Crippen molar-refractivity contribution < 1.29 is 19.4 Å². The molecule has 0 aromatic heterocycles. The molecule has 1 unspecified atom stereocenters. The Bertz CT molecular complexity index is 503. The molecule has 1 aliphatic rings. The monoisotopic (exact) mass is 373 g/mol. The van der Waals surface area contributed by atoms with Gasteiger partial charge in [-0.1, -0.05) is 38.1 Å². The third kappa shape index (κ3) is 7.66. The SMILES string of the molecule is CCOC(=S)SCCCCC/C=C(\NC(=O)C1CC1(C)C)C(=O)O. The molecule has 1 saturated carbocycles. The van der Waals surface area contributed by atoms with Gasteiger partial charge in [0.25, 0.3) is 0 Å². The summed E-state index contributed by atoms with van der Waals surface area (Å²) >= 11 is 6.56. The number of allylic oxidation sites excluding steroid dienone is 1. The Labute approximate surface area is 153 Å². The van der Waals surface area contributed by atoms with Crippen LogP contribution < -0.4 is 5.32 Å². The minimum Gasteiger partial charge on any atom is -0.479 e. The number of unbranched alkanes of at least 4 members (excludes halogenated alkanes) is 3. The van der Waals surface area contributed by atoms with Crippen LogP contribution in [0.25, 0.3) is 0 Å². The first-order chi connectivity index (χ1) is 11.3. The van der Waals surface area contributed by atoms with Crippen LogP contribution >= 0.6 is 24.0 Å². The van der Waals surface area contributed by atoms with Crippen LogP contribution in [0.5, 0.6) is 0 Å². The number of hydrogen-bond donors (Lipinski definition) is 2. The lowest BCUT2D eigenvalue weighted by molar-refractivity contribution is -0.135. The molecule has 1 rings (SSSR count). The molecule has 1 fully saturated rings. The molecule has 5 nitrogen and oxygen atoms in total. The summed E-state index contributed by atoms with van der Waals surface area (Å²) in [4.78, 5) is 23.2. The lowest BCUT2D eigenvalue weighted by atomic mass is 10.1. The lowest BCUT2D eigenvalue weighted by Crippen LogP contribution is -2.29. The maximum Gasteiger partial charge on any atom is 0.352 e. The van der Waals surface area contributed by atoms with E-state index >= 15 is 0 Å². The van der Waals surface area contributed by atoms with Crippen LogP contribution in [0.15, 0.2) is 11.8 Å². The third-order valence-electron chi connectivity index (χ3n) is 4.00. The Morgan fingerprint density at radius 2 is 2.04 bits per heavy atom. The minimum absolute atomic E-state index is 0.00500. The van der Waals surface area contributed by atoms with Gasteiger partial charge in [0.15, 0.2) is 0 Å². The van der Waals surface area contributed by atoms with Crippen molar-refractivity contribution in [3.05, 3.63) is 11.8 Å². The standard InChI is InChI=1S/C17H27NO4S2/c1-4-22-16(23)24-10-8-6-5-7-9-13(15(20)21)18-14(19)12-11-17(12,2)3/h9,12H,4-8,10-11H2,1-3H3,(H,18,19)(H,20,21)/b13-9-. The highest BCUT2D eigenvalue weighted by Crippen LogP contribution is 2.51. The summed E-state index contributed by atoms with van der Waals surface area (Å²) < 4.78 is 5.76. The van der Waals surface area contributed by atoms with E-state index in [2.05, 4.69) is 5.32 Å². The van der Waals surface area contributed by atoms with Gasteiger partial charge >= 0.3 is 5.97 Å². The van der Waals surface area contributed by atoms with Crippen molar-refractivity contribution in [2.75, 3.05) is 12.4 Å². The van der Waals surface area contributed by atoms with E-state index in [9.17, 15) is 14.7 Å². The van der Waals surface area contributed by atoms with Gasteiger partial charge in [0.05, 0.1) is 6.61 Å². The number of thiocarbonyl (C=S) groups is 1. The molecule has 2 N–H and O–H groups in total. The zero-order chi connectivity index (χ0) is 18.2. The van der Waals surface area contributed by atoms with Crippen molar-refractivity contribution in [2.24, 2.45) is 11.3 Å². The maximum absolute atomic E-state index is 12.0. The van der Waals surface area contributed by atoms with Crippen molar-refractivity contribution in [1.82, 2.24) is 5.32 Å². The molecule has 0 aromatic carbocycles. The van der Waals surface area contributed by atoms with Crippen LogP contribution in [-0.2, 0) is 14.3 Å². The number of amides is 1. The first-order valence-electron chi connectivity index (χ1n) is 8.31. The van der Waals surface area contributed by atoms with Gasteiger partial charge in [-0.25, -0.2) is 4.79 Å². The van der Waals surface area contributed by atoms with E-state index in [-0.39, 0.29) is 22.9 Å². The summed E-state index contributed by atoms with van der Waals surface area (Å²) in [5.41, 5.74) is -0.0115. The smallest absolute Gasteiger partial charge is 0.352 e. The number of carbonyl (C=O) groups is 2. The number of thioether (sulfide) groups is 1. The van der Waals surface area contributed by atoms with E-state index < -0.39 is 5.97 Å². The van der Waals surface area contributed by atoms with Gasteiger partial charge in [-0.3, -0.25) is 4.79 Å². The Morgan fingerprint density at radius 1 is 1.38 bits per heavy atom. The van der Waals surface area contributed by atoms with Crippen LogP contribution in [-0.4, -0.2) is 33.7 Å². The Kier molecular flexibility index (Phi) is 8.76. The summed E-state index contributed by atoms with van der Waals surface area (Å²) in [5, 5.41) is 11.7. The Balaban J connectivity index is 2.23. The van der Waals surface area contributed by atoms with Gasteiger partial charge in [0.1, 0.15) is 5.70 Å². The fourth-order valence-corrected chi connectivity index (χ4v) is 3.40. The zero-order valence-corrected chi connectivity index (χ0v) is 16.2. The van der Waals surface area contributed by atoms with Crippen molar-refractivity contribution in [1.29, 1.82) is 0 Å². The van der Waals surface area contributed by atoms with Gasteiger partial charge in [0, 0.05) is 11.7 Å². The molecule has 0 heterocycles. The Morgan fingerprint density at radius 3 is 2.58 bits per heavy atom. The van der Waals surface area contributed by atoms with E-state index in [1.165, 1.54) is 11.8 Å². The quantitative estimate of drug-likeness (QED) is 0.345. The maximum atomic E-state index is 12.0. The molecular weight excluding hydrogens is 346 g/mol. The van der Waals surface area contributed by atoms with Gasteiger partial charge in [-0.15, -0.1) is 0 Å². The Hall–Kier alpha value is -1.08. The van der Waals surface area contributed by atoms with Gasteiger partial charge < -0.3 is 15.2 Å². The summed E-state index contributed by atoms with van der Waals surface area (Å²) in [6.45, 7) is 6.52. The largest absolute Gasteiger partial charge is 0.479 e. The van der Waals surface area contributed by atoms with E-state index in [1.807, 2.05) is 20.8 Å². The molecule has 1 atom stereocenters. The molecule has 0 aromatic rings. The molecule has 24 heavy (non-hydrogen) atoms. The number of aliphatic carboxylic acids is 1. The first kappa shape index (κ1) is 21.0. The molecule has 0 bridgehead atoms. The van der Waals surface area contributed by atoms with Gasteiger partial charge in [-0.05, 0) is 50.2 Å². The van der Waals surface area contributed by atoms with Crippen molar-refractivity contribution >= 4 is 40.2 Å². The molecule has 1 amide bonds. The average Bonchev–Trinajstić information content (AvgIpc) is 3.13. The van der Waals surface area contributed by atoms with Crippen LogP contribution in [0.3, 0.4) is 0 Å². The number of nitrogens with one attached hydrogen (secondary N) is 1. The van der Waals surface area contributed by atoms with E-state index in [1.54, 1.807) is 6.08 Å². The van der Waals surface area contributed by atoms with E-state index in [4.69, 9.17) is 17.0 Å². The van der Waals surface area contributed by atoms with Crippen LogP contribution in [0, 0.1) is 11.3 Å². The first-order valence-corrected chi connectivity index (χ1v) is 9.71. The second kappa shape index (κ2) is 10.0. The van der Waals surface area contributed by atoms with Gasteiger partial charge in [-0.2, -0.15) is 0 Å². The molecule has 7 heteroatoms.